The molecule has 0 heterocycles. The van der Waals surface area contributed by atoms with Crippen LogP contribution in [-0.4, -0.2) is 5.11 Å². The molecule has 0 radical (unpaired) electrons. The van der Waals surface area contributed by atoms with E-state index in [0.29, 0.717) is 10.0 Å². The van der Waals surface area contributed by atoms with Crippen LogP contribution >= 0.6 is 15.9 Å². The van der Waals surface area contributed by atoms with E-state index in [9.17, 15) is 9.50 Å². The molecule has 0 amide bonds. The zero-order valence-corrected chi connectivity index (χ0v) is 10.4. The van der Waals surface area contributed by atoms with E-state index < -0.39 is 5.60 Å². The summed E-state index contributed by atoms with van der Waals surface area (Å²) >= 11 is 3.14. The molecule has 0 aromatic heterocycles. The molecule has 82 valence electrons. The first-order chi connectivity index (χ1) is 6.88. The van der Waals surface area contributed by atoms with Gasteiger partial charge in [0, 0.05) is 11.0 Å². The molecule has 1 aromatic carbocycles. The van der Waals surface area contributed by atoms with Gasteiger partial charge >= 0.3 is 0 Å². The maximum absolute atomic E-state index is 13.8. The Hall–Kier alpha value is -0.410. The van der Waals surface area contributed by atoms with Gasteiger partial charge in [-0.3, -0.25) is 0 Å². The predicted octanol–water partition coefficient (Wildman–Crippen LogP) is 3.60. The standard InChI is InChI=1S/C12H14BrFO/c1-11(6-7-11)12(2,15)8-4-3-5-9(13)10(8)14/h3-5,15H,6-7H2,1-2H3. The van der Waals surface area contributed by atoms with Crippen LogP contribution in [-0.2, 0) is 5.60 Å². The summed E-state index contributed by atoms with van der Waals surface area (Å²) in [5.74, 6) is -0.351. The minimum absolute atomic E-state index is 0.172. The summed E-state index contributed by atoms with van der Waals surface area (Å²) in [7, 11) is 0. The second-order valence-corrected chi connectivity index (χ2v) is 5.59. The molecular weight excluding hydrogens is 259 g/mol. The van der Waals surface area contributed by atoms with Crippen LogP contribution in [0.15, 0.2) is 22.7 Å². The lowest BCUT2D eigenvalue weighted by Gasteiger charge is -2.31. The number of rotatable bonds is 2. The molecule has 2 rings (SSSR count). The van der Waals surface area contributed by atoms with E-state index in [1.165, 1.54) is 0 Å². The number of halogens is 2. The third kappa shape index (κ3) is 1.62. The molecule has 1 aromatic rings. The lowest BCUT2D eigenvalue weighted by atomic mass is 9.81. The smallest absolute Gasteiger partial charge is 0.143 e. The van der Waals surface area contributed by atoms with E-state index in [0.717, 1.165) is 12.8 Å². The molecule has 1 fully saturated rings. The first-order valence-corrected chi connectivity index (χ1v) is 5.85. The Balaban J connectivity index is 2.49. The normalized spacial score (nSPS) is 22.2. The van der Waals surface area contributed by atoms with Crippen LogP contribution < -0.4 is 0 Å². The van der Waals surface area contributed by atoms with Crippen molar-refractivity contribution in [3.8, 4) is 0 Å². The third-order valence-corrected chi connectivity index (χ3v) is 4.26. The Morgan fingerprint density at radius 1 is 1.47 bits per heavy atom. The van der Waals surface area contributed by atoms with E-state index >= 15 is 0 Å². The highest BCUT2D eigenvalue weighted by atomic mass is 79.9. The summed E-state index contributed by atoms with van der Waals surface area (Å²) in [6, 6.07) is 5.05. The number of benzene rings is 1. The molecule has 0 spiro atoms. The maximum Gasteiger partial charge on any atom is 0.143 e. The lowest BCUT2D eigenvalue weighted by Crippen LogP contribution is -2.32. The Morgan fingerprint density at radius 3 is 2.60 bits per heavy atom. The van der Waals surface area contributed by atoms with E-state index in [1.807, 2.05) is 6.92 Å². The zero-order valence-electron chi connectivity index (χ0n) is 8.85. The molecule has 1 nitrogen and oxygen atoms in total. The highest BCUT2D eigenvalue weighted by Crippen LogP contribution is 2.58. The molecule has 1 unspecified atom stereocenters. The van der Waals surface area contributed by atoms with Gasteiger partial charge in [-0.05, 0) is 41.8 Å². The fourth-order valence-corrected chi connectivity index (χ4v) is 2.25. The number of hydrogen-bond donors (Lipinski definition) is 1. The second-order valence-electron chi connectivity index (χ2n) is 4.73. The zero-order chi connectivity index (χ0) is 11.3. The molecule has 3 heteroatoms. The van der Waals surface area contributed by atoms with Crippen molar-refractivity contribution in [2.45, 2.75) is 32.3 Å². The van der Waals surface area contributed by atoms with Gasteiger partial charge in [0.1, 0.15) is 5.82 Å². The van der Waals surface area contributed by atoms with Crippen LogP contribution in [0, 0.1) is 11.2 Å². The molecule has 0 aliphatic heterocycles. The van der Waals surface area contributed by atoms with Gasteiger partial charge in [-0.25, -0.2) is 4.39 Å². The molecular formula is C12H14BrFO. The first kappa shape index (κ1) is 11.1. The fourth-order valence-electron chi connectivity index (χ4n) is 1.88. The quantitative estimate of drug-likeness (QED) is 0.873. The molecule has 1 aliphatic rings. The van der Waals surface area contributed by atoms with Gasteiger partial charge in [-0.2, -0.15) is 0 Å². The van der Waals surface area contributed by atoms with Gasteiger partial charge in [0.05, 0.1) is 10.1 Å². The van der Waals surface area contributed by atoms with Crippen LogP contribution in [0.3, 0.4) is 0 Å². The minimum Gasteiger partial charge on any atom is -0.385 e. The van der Waals surface area contributed by atoms with Gasteiger partial charge < -0.3 is 5.11 Å². The Morgan fingerprint density at radius 2 is 2.07 bits per heavy atom. The van der Waals surface area contributed by atoms with E-state index in [1.54, 1.807) is 25.1 Å². The largest absolute Gasteiger partial charge is 0.385 e. The summed E-state index contributed by atoms with van der Waals surface area (Å²) in [4.78, 5) is 0. The summed E-state index contributed by atoms with van der Waals surface area (Å²) in [5, 5.41) is 10.4. The maximum atomic E-state index is 13.8. The second kappa shape index (κ2) is 3.29. The molecule has 1 aliphatic carbocycles. The van der Waals surface area contributed by atoms with Gasteiger partial charge in [0.2, 0.25) is 0 Å². The highest BCUT2D eigenvalue weighted by molar-refractivity contribution is 9.10. The molecule has 15 heavy (non-hydrogen) atoms. The van der Waals surface area contributed by atoms with Crippen LogP contribution in [0.1, 0.15) is 32.3 Å². The van der Waals surface area contributed by atoms with Crippen molar-refractivity contribution in [2.75, 3.05) is 0 Å². The molecule has 1 N–H and O–H groups in total. The minimum atomic E-state index is -1.08. The Kier molecular flexibility index (Phi) is 2.43. The predicted molar refractivity (Wildman–Crippen MR) is 61.0 cm³/mol. The lowest BCUT2D eigenvalue weighted by molar-refractivity contribution is -0.0158. The summed E-state index contributed by atoms with van der Waals surface area (Å²) in [5.41, 5.74) is -0.868. The average molecular weight is 273 g/mol. The van der Waals surface area contributed by atoms with Crippen LogP contribution in [0.5, 0.6) is 0 Å². The molecule has 0 bridgehead atoms. The van der Waals surface area contributed by atoms with Crippen molar-refractivity contribution in [1.29, 1.82) is 0 Å². The van der Waals surface area contributed by atoms with Crippen LogP contribution in [0.25, 0.3) is 0 Å². The van der Waals surface area contributed by atoms with Gasteiger partial charge in [-0.15, -0.1) is 0 Å². The van der Waals surface area contributed by atoms with E-state index in [4.69, 9.17) is 0 Å². The highest BCUT2D eigenvalue weighted by Gasteiger charge is 2.54. The summed E-state index contributed by atoms with van der Waals surface area (Å²) < 4.78 is 14.3. The van der Waals surface area contributed by atoms with Gasteiger partial charge in [-0.1, -0.05) is 19.1 Å². The molecule has 0 saturated heterocycles. The summed E-state index contributed by atoms with van der Waals surface area (Å²) in [6.07, 6.45) is 1.90. The van der Waals surface area contributed by atoms with Crippen molar-refractivity contribution in [1.82, 2.24) is 0 Å². The van der Waals surface area contributed by atoms with Crippen molar-refractivity contribution >= 4 is 15.9 Å². The van der Waals surface area contributed by atoms with Crippen molar-refractivity contribution in [3.63, 3.8) is 0 Å². The van der Waals surface area contributed by atoms with Crippen molar-refractivity contribution in [3.05, 3.63) is 34.1 Å². The average Bonchev–Trinajstić information content (AvgIpc) is 2.90. The van der Waals surface area contributed by atoms with E-state index in [2.05, 4.69) is 15.9 Å². The van der Waals surface area contributed by atoms with Crippen molar-refractivity contribution < 1.29 is 9.50 Å². The van der Waals surface area contributed by atoms with E-state index in [-0.39, 0.29) is 11.2 Å². The molecule has 1 saturated carbocycles. The topological polar surface area (TPSA) is 20.2 Å². The molecule has 1 atom stereocenters. The fraction of sp³-hybridized carbons (Fsp3) is 0.500. The Bertz CT molecular complexity index is 397. The van der Waals surface area contributed by atoms with Gasteiger partial charge in [0.25, 0.3) is 0 Å². The Labute approximate surface area is 97.4 Å². The SMILES string of the molecule is CC1(C(C)(O)c2cccc(Br)c2F)CC1. The van der Waals surface area contributed by atoms with Crippen LogP contribution in [0.2, 0.25) is 0 Å². The number of aliphatic hydroxyl groups is 1. The first-order valence-electron chi connectivity index (χ1n) is 5.05. The summed E-state index contributed by atoms with van der Waals surface area (Å²) in [6.45, 7) is 3.69. The van der Waals surface area contributed by atoms with Crippen LogP contribution in [0.4, 0.5) is 4.39 Å². The van der Waals surface area contributed by atoms with Crippen molar-refractivity contribution in [2.24, 2.45) is 5.41 Å². The third-order valence-electron chi connectivity index (χ3n) is 3.65. The number of hydrogen-bond acceptors (Lipinski definition) is 1. The van der Waals surface area contributed by atoms with Gasteiger partial charge in [0.15, 0.2) is 0 Å². The monoisotopic (exact) mass is 272 g/mol.